The third-order valence-electron chi connectivity index (χ3n) is 3.94. The van der Waals surface area contributed by atoms with Gasteiger partial charge < -0.3 is 4.74 Å². The molecule has 0 aliphatic heterocycles. The predicted molar refractivity (Wildman–Crippen MR) is 80.1 cm³/mol. The lowest BCUT2D eigenvalue weighted by molar-refractivity contribution is -0.138. The Bertz CT molecular complexity index is 292. The highest BCUT2D eigenvalue weighted by molar-refractivity contribution is 5.89. The van der Waals surface area contributed by atoms with E-state index in [2.05, 4.69) is 6.92 Å². The Morgan fingerprint density at radius 3 is 2.42 bits per heavy atom. The van der Waals surface area contributed by atoms with Crippen LogP contribution in [0.1, 0.15) is 84.5 Å². The van der Waals surface area contributed by atoms with E-state index in [0.717, 1.165) is 31.3 Å². The van der Waals surface area contributed by atoms with Gasteiger partial charge in [0.25, 0.3) is 0 Å². The van der Waals surface area contributed by atoms with E-state index in [4.69, 9.17) is 4.74 Å². The highest BCUT2D eigenvalue weighted by Crippen LogP contribution is 2.27. The van der Waals surface area contributed by atoms with Gasteiger partial charge >= 0.3 is 5.97 Å². The SMILES string of the molecule is CCCCCC/C1=C(\C(=O)OCC)CCCCCC1. The summed E-state index contributed by atoms with van der Waals surface area (Å²) in [4.78, 5) is 12.1. The molecule has 1 rings (SSSR count). The Balaban J connectivity index is 2.65. The molecule has 19 heavy (non-hydrogen) atoms. The quantitative estimate of drug-likeness (QED) is 0.469. The second-order valence-corrected chi connectivity index (χ2v) is 5.53. The van der Waals surface area contributed by atoms with Crippen LogP contribution in [0.5, 0.6) is 0 Å². The van der Waals surface area contributed by atoms with E-state index >= 15 is 0 Å². The Kier molecular flexibility index (Phi) is 8.61. The first-order valence-corrected chi connectivity index (χ1v) is 8.17. The smallest absolute Gasteiger partial charge is 0.333 e. The summed E-state index contributed by atoms with van der Waals surface area (Å²) in [7, 11) is 0. The van der Waals surface area contributed by atoms with E-state index in [9.17, 15) is 4.79 Å². The minimum atomic E-state index is -0.0464. The lowest BCUT2D eigenvalue weighted by Crippen LogP contribution is -2.12. The molecule has 0 saturated heterocycles. The summed E-state index contributed by atoms with van der Waals surface area (Å²) >= 11 is 0. The van der Waals surface area contributed by atoms with E-state index in [0.29, 0.717) is 6.61 Å². The Morgan fingerprint density at radius 2 is 1.74 bits per heavy atom. The van der Waals surface area contributed by atoms with E-state index in [1.165, 1.54) is 50.5 Å². The maximum absolute atomic E-state index is 12.1. The van der Waals surface area contributed by atoms with Crippen LogP contribution in [0.2, 0.25) is 0 Å². The summed E-state index contributed by atoms with van der Waals surface area (Å²) in [5.74, 6) is -0.0464. The fraction of sp³-hybridized carbons (Fsp3) is 0.824. The summed E-state index contributed by atoms with van der Waals surface area (Å²) < 4.78 is 5.24. The van der Waals surface area contributed by atoms with Gasteiger partial charge in [-0.3, -0.25) is 0 Å². The number of hydrogen-bond donors (Lipinski definition) is 0. The predicted octanol–water partition coefficient (Wildman–Crippen LogP) is 5.17. The maximum atomic E-state index is 12.1. The number of ether oxygens (including phenoxy) is 1. The molecule has 2 heteroatoms. The van der Waals surface area contributed by atoms with Gasteiger partial charge in [0.1, 0.15) is 0 Å². The molecule has 0 N–H and O–H groups in total. The first kappa shape index (κ1) is 16.3. The number of allylic oxidation sites excluding steroid dienone is 1. The molecule has 1 aliphatic rings. The van der Waals surface area contributed by atoms with Crippen molar-refractivity contribution in [2.24, 2.45) is 0 Å². The van der Waals surface area contributed by atoms with Crippen LogP contribution in [0.4, 0.5) is 0 Å². The molecule has 0 aromatic carbocycles. The normalized spacial score (nSPS) is 20.7. The minimum Gasteiger partial charge on any atom is -0.463 e. The van der Waals surface area contributed by atoms with Gasteiger partial charge in [0.05, 0.1) is 6.61 Å². The number of hydrogen-bond acceptors (Lipinski definition) is 2. The van der Waals surface area contributed by atoms with Gasteiger partial charge in [0.2, 0.25) is 0 Å². The molecule has 0 radical (unpaired) electrons. The molecule has 0 unspecified atom stereocenters. The minimum absolute atomic E-state index is 0.0464. The number of esters is 1. The maximum Gasteiger partial charge on any atom is 0.333 e. The summed E-state index contributed by atoms with van der Waals surface area (Å²) in [5.41, 5.74) is 2.41. The molecule has 0 aromatic rings. The average molecular weight is 266 g/mol. The first-order valence-electron chi connectivity index (χ1n) is 8.17. The van der Waals surface area contributed by atoms with Crippen molar-refractivity contribution < 1.29 is 9.53 Å². The molecule has 0 saturated carbocycles. The third kappa shape index (κ3) is 6.26. The number of carbonyl (C=O) groups excluding carboxylic acids is 1. The van der Waals surface area contributed by atoms with Gasteiger partial charge in [0.15, 0.2) is 0 Å². The molecule has 0 bridgehead atoms. The van der Waals surface area contributed by atoms with E-state index < -0.39 is 0 Å². The van der Waals surface area contributed by atoms with Crippen molar-refractivity contribution >= 4 is 5.97 Å². The molecule has 0 aromatic heterocycles. The van der Waals surface area contributed by atoms with Gasteiger partial charge in [-0.2, -0.15) is 0 Å². The zero-order valence-corrected chi connectivity index (χ0v) is 12.8. The molecule has 1 aliphatic carbocycles. The van der Waals surface area contributed by atoms with Crippen LogP contribution in [0.15, 0.2) is 11.1 Å². The molecular weight excluding hydrogens is 236 g/mol. The molecular formula is C17H30O2. The van der Waals surface area contributed by atoms with E-state index in [-0.39, 0.29) is 5.97 Å². The van der Waals surface area contributed by atoms with Crippen molar-refractivity contribution in [3.63, 3.8) is 0 Å². The standard InChI is InChI=1S/C17H30O2/c1-3-5-6-9-12-15-13-10-7-8-11-14-16(15)17(18)19-4-2/h3-14H2,1-2H3/b16-15+. The van der Waals surface area contributed by atoms with Gasteiger partial charge in [0, 0.05) is 5.57 Å². The van der Waals surface area contributed by atoms with Gasteiger partial charge in [-0.25, -0.2) is 4.79 Å². The molecule has 0 spiro atoms. The zero-order valence-electron chi connectivity index (χ0n) is 12.8. The monoisotopic (exact) mass is 266 g/mol. The van der Waals surface area contributed by atoms with Gasteiger partial charge in [-0.1, -0.05) is 44.6 Å². The van der Waals surface area contributed by atoms with E-state index in [1.807, 2.05) is 6.92 Å². The third-order valence-corrected chi connectivity index (χ3v) is 3.94. The van der Waals surface area contributed by atoms with Crippen LogP contribution in [0.25, 0.3) is 0 Å². The number of carbonyl (C=O) groups is 1. The molecule has 0 amide bonds. The summed E-state index contributed by atoms with van der Waals surface area (Å²) in [6.07, 6.45) is 13.2. The largest absolute Gasteiger partial charge is 0.463 e. The lowest BCUT2D eigenvalue weighted by Gasteiger charge is -2.17. The van der Waals surface area contributed by atoms with Crippen molar-refractivity contribution in [3.05, 3.63) is 11.1 Å². The molecule has 110 valence electrons. The molecule has 0 atom stereocenters. The van der Waals surface area contributed by atoms with Gasteiger partial charge in [-0.15, -0.1) is 0 Å². The fourth-order valence-corrected chi connectivity index (χ4v) is 2.83. The molecule has 0 heterocycles. The molecule has 2 nitrogen and oxygen atoms in total. The van der Waals surface area contributed by atoms with Crippen LogP contribution >= 0.6 is 0 Å². The van der Waals surface area contributed by atoms with Crippen LogP contribution in [-0.4, -0.2) is 12.6 Å². The Morgan fingerprint density at radius 1 is 1.00 bits per heavy atom. The Labute approximate surface area is 118 Å². The van der Waals surface area contributed by atoms with Crippen LogP contribution in [0, 0.1) is 0 Å². The van der Waals surface area contributed by atoms with Gasteiger partial charge in [-0.05, 0) is 45.4 Å². The van der Waals surface area contributed by atoms with Crippen LogP contribution < -0.4 is 0 Å². The van der Waals surface area contributed by atoms with Crippen molar-refractivity contribution in [1.29, 1.82) is 0 Å². The lowest BCUT2D eigenvalue weighted by atomic mass is 9.90. The van der Waals surface area contributed by atoms with Crippen LogP contribution in [0.3, 0.4) is 0 Å². The topological polar surface area (TPSA) is 26.3 Å². The second kappa shape index (κ2) is 10.1. The highest BCUT2D eigenvalue weighted by Gasteiger charge is 2.17. The van der Waals surface area contributed by atoms with Crippen LogP contribution in [-0.2, 0) is 9.53 Å². The fourth-order valence-electron chi connectivity index (χ4n) is 2.83. The summed E-state index contributed by atoms with van der Waals surface area (Å²) in [5, 5.41) is 0. The van der Waals surface area contributed by atoms with Crippen molar-refractivity contribution in [2.75, 3.05) is 6.61 Å². The number of unbranched alkanes of at least 4 members (excludes halogenated alkanes) is 3. The Hall–Kier alpha value is -0.790. The van der Waals surface area contributed by atoms with Crippen molar-refractivity contribution in [1.82, 2.24) is 0 Å². The highest BCUT2D eigenvalue weighted by atomic mass is 16.5. The average Bonchev–Trinajstić information content (AvgIpc) is 2.37. The molecule has 0 fully saturated rings. The second-order valence-electron chi connectivity index (χ2n) is 5.53. The summed E-state index contributed by atoms with van der Waals surface area (Å²) in [6.45, 7) is 4.62. The zero-order chi connectivity index (χ0) is 13.9. The summed E-state index contributed by atoms with van der Waals surface area (Å²) in [6, 6.07) is 0. The number of rotatable bonds is 7. The van der Waals surface area contributed by atoms with Crippen molar-refractivity contribution in [2.45, 2.75) is 84.5 Å². The van der Waals surface area contributed by atoms with Crippen molar-refractivity contribution in [3.8, 4) is 0 Å². The van der Waals surface area contributed by atoms with E-state index in [1.54, 1.807) is 0 Å². The first-order chi connectivity index (χ1) is 9.29.